The first-order chi connectivity index (χ1) is 8.89. The molecule has 1 aromatic rings. The van der Waals surface area contributed by atoms with Gasteiger partial charge in [-0.1, -0.05) is 18.6 Å². The van der Waals surface area contributed by atoms with Gasteiger partial charge in [-0.3, -0.25) is 4.79 Å². The number of benzene rings is 1. The van der Waals surface area contributed by atoms with E-state index < -0.39 is 23.8 Å². The van der Waals surface area contributed by atoms with E-state index in [4.69, 9.17) is 0 Å². The lowest BCUT2D eigenvalue weighted by molar-refractivity contribution is -0.137. The molecule has 19 heavy (non-hydrogen) atoms. The highest BCUT2D eigenvalue weighted by Gasteiger charge is 2.32. The van der Waals surface area contributed by atoms with Crippen LogP contribution in [0.5, 0.6) is 0 Å². The molecule has 0 amide bonds. The first kappa shape index (κ1) is 14.1. The fourth-order valence-corrected chi connectivity index (χ4v) is 2.45. The second-order valence-corrected chi connectivity index (χ2v) is 4.88. The molecule has 1 aromatic carbocycles. The van der Waals surface area contributed by atoms with Crippen molar-refractivity contribution in [1.82, 2.24) is 0 Å². The molecule has 0 aliphatic heterocycles. The van der Waals surface area contributed by atoms with Gasteiger partial charge in [-0.05, 0) is 30.5 Å². The van der Waals surface area contributed by atoms with Crippen LogP contribution in [0.2, 0.25) is 0 Å². The van der Waals surface area contributed by atoms with Gasteiger partial charge in [0.05, 0.1) is 11.7 Å². The van der Waals surface area contributed by atoms with Crippen LogP contribution in [-0.2, 0) is 11.0 Å². The minimum Gasteiger partial charge on any atom is -0.388 e. The first-order valence-corrected chi connectivity index (χ1v) is 6.27. The standard InChI is InChI=1S/C14H15F3O2/c15-14(16,17)10-7-5-9(6-8-10)13(19)11-3-1-2-4-12(11)18/h5-8,11,13,19H,1-4H2/t11-,13+/m0/s1. The molecule has 1 saturated carbocycles. The van der Waals surface area contributed by atoms with Crippen molar-refractivity contribution < 1.29 is 23.1 Å². The van der Waals surface area contributed by atoms with Crippen molar-refractivity contribution >= 4 is 5.78 Å². The van der Waals surface area contributed by atoms with E-state index in [0.29, 0.717) is 18.4 Å². The average Bonchev–Trinajstić information content (AvgIpc) is 2.38. The van der Waals surface area contributed by atoms with Gasteiger partial charge in [0.2, 0.25) is 0 Å². The smallest absolute Gasteiger partial charge is 0.388 e. The van der Waals surface area contributed by atoms with E-state index in [9.17, 15) is 23.1 Å². The maximum atomic E-state index is 12.4. The summed E-state index contributed by atoms with van der Waals surface area (Å²) in [7, 11) is 0. The molecular formula is C14H15F3O2. The van der Waals surface area contributed by atoms with Gasteiger partial charge in [0, 0.05) is 12.3 Å². The molecule has 2 rings (SSSR count). The van der Waals surface area contributed by atoms with Crippen LogP contribution in [0, 0.1) is 5.92 Å². The summed E-state index contributed by atoms with van der Waals surface area (Å²) in [5.74, 6) is -0.482. The van der Waals surface area contributed by atoms with Gasteiger partial charge >= 0.3 is 6.18 Å². The number of rotatable bonds is 2. The predicted octanol–water partition coefficient (Wildman–Crippen LogP) is 3.50. The van der Waals surface area contributed by atoms with E-state index in [2.05, 4.69) is 0 Å². The molecule has 5 heteroatoms. The quantitative estimate of drug-likeness (QED) is 0.894. The van der Waals surface area contributed by atoms with Crippen molar-refractivity contribution in [2.45, 2.75) is 38.0 Å². The summed E-state index contributed by atoms with van der Waals surface area (Å²) in [4.78, 5) is 11.7. The highest BCUT2D eigenvalue weighted by molar-refractivity contribution is 5.82. The van der Waals surface area contributed by atoms with Crippen LogP contribution in [0.4, 0.5) is 13.2 Å². The molecule has 2 nitrogen and oxygen atoms in total. The topological polar surface area (TPSA) is 37.3 Å². The Balaban J connectivity index is 2.15. The Morgan fingerprint density at radius 2 is 1.79 bits per heavy atom. The molecule has 0 spiro atoms. The van der Waals surface area contributed by atoms with Gasteiger partial charge in [0.25, 0.3) is 0 Å². The number of ketones is 1. The van der Waals surface area contributed by atoms with Crippen LogP contribution in [0.15, 0.2) is 24.3 Å². The van der Waals surface area contributed by atoms with Crippen molar-refractivity contribution in [1.29, 1.82) is 0 Å². The molecule has 1 N–H and O–H groups in total. The van der Waals surface area contributed by atoms with Crippen molar-refractivity contribution in [2.75, 3.05) is 0 Å². The summed E-state index contributed by atoms with van der Waals surface area (Å²) in [5, 5.41) is 10.1. The number of alkyl halides is 3. The predicted molar refractivity (Wildman–Crippen MR) is 63.4 cm³/mol. The fraction of sp³-hybridized carbons (Fsp3) is 0.500. The molecule has 0 aromatic heterocycles. The summed E-state index contributed by atoms with van der Waals surface area (Å²) < 4.78 is 37.3. The lowest BCUT2D eigenvalue weighted by Gasteiger charge is -2.25. The number of halogens is 3. The molecule has 2 atom stereocenters. The monoisotopic (exact) mass is 272 g/mol. The van der Waals surface area contributed by atoms with Crippen LogP contribution in [0.25, 0.3) is 0 Å². The van der Waals surface area contributed by atoms with Crippen LogP contribution in [0.1, 0.15) is 42.9 Å². The lowest BCUT2D eigenvalue weighted by atomic mass is 9.81. The second kappa shape index (κ2) is 5.33. The number of hydrogen-bond acceptors (Lipinski definition) is 2. The number of Topliss-reactive ketones (excluding diaryl/α,β-unsaturated/α-hetero) is 1. The summed E-state index contributed by atoms with van der Waals surface area (Å²) in [6.45, 7) is 0. The first-order valence-electron chi connectivity index (χ1n) is 6.27. The summed E-state index contributed by atoms with van der Waals surface area (Å²) >= 11 is 0. The van der Waals surface area contributed by atoms with Gasteiger partial charge in [-0.25, -0.2) is 0 Å². The molecule has 0 saturated heterocycles. The van der Waals surface area contributed by atoms with Crippen molar-refractivity contribution in [2.24, 2.45) is 5.92 Å². The van der Waals surface area contributed by atoms with E-state index in [1.54, 1.807) is 0 Å². The van der Waals surface area contributed by atoms with E-state index in [0.717, 1.165) is 25.0 Å². The van der Waals surface area contributed by atoms with Crippen LogP contribution >= 0.6 is 0 Å². The Morgan fingerprint density at radius 3 is 2.32 bits per heavy atom. The Morgan fingerprint density at radius 1 is 1.16 bits per heavy atom. The highest BCUT2D eigenvalue weighted by atomic mass is 19.4. The lowest BCUT2D eigenvalue weighted by Crippen LogP contribution is -2.25. The van der Waals surface area contributed by atoms with Gasteiger partial charge in [0.1, 0.15) is 5.78 Å². The van der Waals surface area contributed by atoms with Gasteiger partial charge in [0.15, 0.2) is 0 Å². The van der Waals surface area contributed by atoms with Gasteiger partial charge in [-0.15, -0.1) is 0 Å². The zero-order valence-corrected chi connectivity index (χ0v) is 10.3. The molecule has 1 fully saturated rings. The van der Waals surface area contributed by atoms with Gasteiger partial charge < -0.3 is 5.11 Å². The number of aliphatic hydroxyl groups excluding tert-OH is 1. The molecule has 104 valence electrons. The summed E-state index contributed by atoms with van der Waals surface area (Å²) in [6, 6.07) is 4.36. The van der Waals surface area contributed by atoms with Crippen molar-refractivity contribution in [3.05, 3.63) is 35.4 Å². The number of carbonyl (C=O) groups excluding carboxylic acids is 1. The maximum absolute atomic E-state index is 12.4. The van der Waals surface area contributed by atoms with E-state index in [1.807, 2.05) is 0 Å². The fourth-order valence-electron chi connectivity index (χ4n) is 2.45. The third kappa shape index (κ3) is 3.15. The highest BCUT2D eigenvalue weighted by Crippen LogP contribution is 2.34. The Labute approximate surface area is 109 Å². The molecule has 1 aliphatic rings. The van der Waals surface area contributed by atoms with E-state index in [1.165, 1.54) is 12.1 Å². The van der Waals surface area contributed by atoms with Crippen molar-refractivity contribution in [3.8, 4) is 0 Å². The third-order valence-electron chi connectivity index (χ3n) is 3.56. The Bertz CT molecular complexity index is 451. The average molecular weight is 272 g/mol. The minimum absolute atomic E-state index is 0.00125. The molecule has 0 bridgehead atoms. The maximum Gasteiger partial charge on any atom is 0.416 e. The SMILES string of the molecule is O=C1CCCC[C@@H]1[C@H](O)c1ccc(C(F)(F)F)cc1. The number of hydrogen-bond donors (Lipinski definition) is 1. The van der Waals surface area contributed by atoms with E-state index in [-0.39, 0.29) is 5.78 Å². The Hall–Kier alpha value is -1.36. The number of aliphatic hydroxyl groups is 1. The van der Waals surface area contributed by atoms with Crippen LogP contribution < -0.4 is 0 Å². The molecule has 0 radical (unpaired) electrons. The third-order valence-corrected chi connectivity index (χ3v) is 3.56. The molecule has 1 aliphatic carbocycles. The summed E-state index contributed by atoms with van der Waals surface area (Å²) in [6.07, 6.45) is -2.65. The van der Waals surface area contributed by atoms with Gasteiger partial charge in [-0.2, -0.15) is 13.2 Å². The van der Waals surface area contributed by atoms with Crippen LogP contribution in [0.3, 0.4) is 0 Å². The normalized spacial score (nSPS) is 22.3. The number of carbonyl (C=O) groups is 1. The van der Waals surface area contributed by atoms with Crippen LogP contribution in [-0.4, -0.2) is 10.9 Å². The zero-order chi connectivity index (χ0) is 14.0. The molecule has 0 heterocycles. The molecule has 0 unspecified atom stereocenters. The Kier molecular flexibility index (Phi) is 3.94. The largest absolute Gasteiger partial charge is 0.416 e. The summed E-state index contributed by atoms with van der Waals surface area (Å²) in [5.41, 5.74) is -0.383. The van der Waals surface area contributed by atoms with E-state index >= 15 is 0 Å². The molecular weight excluding hydrogens is 257 g/mol. The zero-order valence-electron chi connectivity index (χ0n) is 10.3. The minimum atomic E-state index is -4.38. The van der Waals surface area contributed by atoms with Crippen molar-refractivity contribution in [3.63, 3.8) is 0 Å². The second-order valence-electron chi connectivity index (χ2n) is 4.88.